The number of esters is 1. The zero-order valence-electron chi connectivity index (χ0n) is 17.5. The molecule has 4 heteroatoms. The molecule has 2 aromatic rings. The quantitative estimate of drug-likeness (QED) is 0.706. The monoisotopic (exact) mass is 390 g/mol. The van der Waals surface area contributed by atoms with Crippen molar-refractivity contribution in [1.82, 2.24) is 0 Å². The van der Waals surface area contributed by atoms with E-state index in [-0.39, 0.29) is 23.4 Å². The average Bonchev–Trinajstić information content (AvgIpc) is 2.97. The van der Waals surface area contributed by atoms with E-state index in [0.717, 1.165) is 39.0 Å². The van der Waals surface area contributed by atoms with Crippen molar-refractivity contribution in [2.45, 2.75) is 46.6 Å². The Bertz CT molecular complexity index is 1050. The second kappa shape index (κ2) is 6.51. The highest BCUT2D eigenvalue weighted by atomic mass is 16.6. The standard InChI is InChI=1S/C25H26O4/c1-13-6-7-18-21(12-13)25(29-24(18)28,19-8-10-22(26)16(4)14(19)2)20-9-11-23(27)17(5)15(20)3/h6-11,13,26-27H,12H2,1-5H3. The summed E-state index contributed by atoms with van der Waals surface area (Å²) in [4.78, 5) is 13.0. The molecule has 4 rings (SSSR count). The fourth-order valence-corrected chi connectivity index (χ4v) is 4.60. The molecule has 2 aliphatic rings. The third kappa shape index (κ3) is 2.62. The summed E-state index contributed by atoms with van der Waals surface area (Å²) in [5.74, 6) is 0.379. The zero-order valence-corrected chi connectivity index (χ0v) is 17.5. The number of carbonyl (C=O) groups is 1. The first-order valence-corrected chi connectivity index (χ1v) is 9.93. The molecule has 2 N–H and O–H groups in total. The minimum Gasteiger partial charge on any atom is -0.508 e. The van der Waals surface area contributed by atoms with Gasteiger partial charge in [0, 0.05) is 11.1 Å². The molecule has 1 heterocycles. The Morgan fingerprint density at radius 3 is 1.93 bits per heavy atom. The lowest BCUT2D eigenvalue weighted by Gasteiger charge is -2.36. The summed E-state index contributed by atoms with van der Waals surface area (Å²) in [6.07, 6.45) is 4.62. The van der Waals surface area contributed by atoms with Gasteiger partial charge in [0.2, 0.25) is 0 Å². The van der Waals surface area contributed by atoms with Crippen LogP contribution in [0.3, 0.4) is 0 Å². The Morgan fingerprint density at radius 2 is 1.41 bits per heavy atom. The van der Waals surface area contributed by atoms with E-state index in [1.807, 2.05) is 52.0 Å². The molecule has 1 unspecified atom stereocenters. The third-order valence-electron chi connectivity index (χ3n) is 6.61. The van der Waals surface area contributed by atoms with Gasteiger partial charge in [-0.2, -0.15) is 0 Å². The van der Waals surface area contributed by atoms with E-state index in [1.54, 1.807) is 12.1 Å². The number of cyclic esters (lactones) is 1. The highest BCUT2D eigenvalue weighted by Crippen LogP contribution is 2.53. The SMILES string of the molecule is Cc1c(O)ccc(C2(c3ccc(O)c(C)c3C)OC(=O)C3=C2CC(C)C=C3)c1C. The second-order valence-corrected chi connectivity index (χ2v) is 8.27. The largest absolute Gasteiger partial charge is 0.508 e. The van der Waals surface area contributed by atoms with Gasteiger partial charge in [-0.25, -0.2) is 4.79 Å². The fourth-order valence-electron chi connectivity index (χ4n) is 4.60. The molecule has 1 atom stereocenters. The molecule has 2 aromatic carbocycles. The second-order valence-electron chi connectivity index (χ2n) is 8.27. The fraction of sp³-hybridized carbons (Fsp3) is 0.320. The van der Waals surface area contributed by atoms with Crippen molar-refractivity contribution in [2.75, 3.05) is 0 Å². The lowest BCUT2D eigenvalue weighted by Crippen LogP contribution is -2.34. The van der Waals surface area contributed by atoms with E-state index in [9.17, 15) is 15.0 Å². The van der Waals surface area contributed by atoms with Gasteiger partial charge < -0.3 is 14.9 Å². The van der Waals surface area contributed by atoms with Crippen LogP contribution in [0.2, 0.25) is 0 Å². The Hall–Kier alpha value is -3.01. The van der Waals surface area contributed by atoms with Crippen molar-refractivity contribution in [2.24, 2.45) is 5.92 Å². The predicted octanol–water partition coefficient (Wildman–Crippen LogP) is 5.02. The molecule has 4 nitrogen and oxygen atoms in total. The minimum absolute atomic E-state index is 0.218. The molecule has 0 saturated carbocycles. The lowest BCUT2D eigenvalue weighted by molar-refractivity contribution is -0.144. The van der Waals surface area contributed by atoms with Gasteiger partial charge >= 0.3 is 5.97 Å². The maximum absolute atomic E-state index is 13.0. The molecule has 0 fully saturated rings. The highest BCUT2D eigenvalue weighted by molar-refractivity contribution is 5.97. The van der Waals surface area contributed by atoms with Gasteiger partial charge in [-0.1, -0.05) is 31.2 Å². The molecule has 29 heavy (non-hydrogen) atoms. The average molecular weight is 390 g/mol. The first kappa shape index (κ1) is 19.3. The van der Waals surface area contributed by atoms with Crippen LogP contribution in [0, 0.1) is 33.6 Å². The normalized spacial score (nSPS) is 20.0. The van der Waals surface area contributed by atoms with Crippen molar-refractivity contribution >= 4 is 5.97 Å². The molecule has 1 aliphatic carbocycles. The third-order valence-corrected chi connectivity index (χ3v) is 6.61. The summed E-state index contributed by atoms with van der Waals surface area (Å²) in [5.41, 5.74) is 5.48. The lowest BCUT2D eigenvalue weighted by atomic mass is 9.71. The van der Waals surface area contributed by atoms with E-state index in [0.29, 0.717) is 12.0 Å². The van der Waals surface area contributed by atoms with Gasteiger partial charge in [-0.3, -0.25) is 0 Å². The van der Waals surface area contributed by atoms with Crippen molar-refractivity contribution in [3.05, 3.63) is 80.9 Å². The number of ether oxygens (including phenoxy) is 1. The molecule has 0 bridgehead atoms. The van der Waals surface area contributed by atoms with Crippen LogP contribution in [0.5, 0.6) is 11.5 Å². The number of hydrogen-bond donors (Lipinski definition) is 2. The number of phenolic OH excluding ortho intramolecular Hbond substituents is 2. The number of phenols is 2. The summed E-state index contributed by atoms with van der Waals surface area (Å²) >= 11 is 0. The van der Waals surface area contributed by atoms with Crippen molar-refractivity contribution in [3.63, 3.8) is 0 Å². The summed E-state index contributed by atoms with van der Waals surface area (Å²) in [6.45, 7) is 9.75. The number of benzene rings is 2. The zero-order chi connectivity index (χ0) is 21.1. The van der Waals surface area contributed by atoms with Crippen LogP contribution in [-0.2, 0) is 15.1 Å². The van der Waals surface area contributed by atoms with Gasteiger partial charge in [-0.15, -0.1) is 0 Å². The first-order valence-electron chi connectivity index (χ1n) is 9.93. The van der Waals surface area contributed by atoms with Gasteiger partial charge in [0.05, 0.1) is 5.57 Å². The van der Waals surface area contributed by atoms with E-state index < -0.39 is 5.60 Å². The molecule has 0 saturated heterocycles. The Morgan fingerprint density at radius 1 is 0.897 bits per heavy atom. The highest BCUT2D eigenvalue weighted by Gasteiger charge is 2.52. The number of aromatic hydroxyl groups is 2. The summed E-state index contributed by atoms with van der Waals surface area (Å²) < 4.78 is 6.24. The molecule has 150 valence electrons. The molecule has 0 spiro atoms. The number of hydrogen-bond acceptors (Lipinski definition) is 4. The number of allylic oxidation sites excluding steroid dienone is 1. The molecular weight excluding hydrogens is 364 g/mol. The molecule has 0 amide bonds. The van der Waals surface area contributed by atoms with Crippen LogP contribution in [0.1, 0.15) is 46.7 Å². The minimum atomic E-state index is -1.07. The van der Waals surface area contributed by atoms with Crippen LogP contribution in [0.15, 0.2) is 47.6 Å². The van der Waals surface area contributed by atoms with Crippen LogP contribution in [0.25, 0.3) is 0 Å². The van der Waals surface area contributed by atoms with Crippen LogP contribution < -0.4 is 0 Å². The Kier molecular flexibility index (Phi) is 4.34. The van der Waals surface area contributed by atoms with E-state index in [1.165, 1.54) is 0 Å². The topological polar surface area (TPSA) is 66.8 Å². The predicted molar refractivity (Wildman–Crippen MR) is 112 cm³/mol. The number of rotatable bonds is 2. The smallest absolute Gasteiger partial charge is 0.339 e. The van der Waals surface area contributed by atoms with Crippen LogP contribution >= 0.6 is 0 Å². The molecule has 0 aromatic heterocycles. The van der Waals surface area contributed by atoms with Crippen molar-refractivity contribution in [3.8, 4) is 11.5 Å². The summed E-state index contributed by atoms with van der Waals surface area (Å²) in [5, 5.41) is 20.4. The van der Waals surface area contributed by atoms with Crippen LogP contribution in [0.4, 0.5) is 0 Å². The van der Waals surface area contributed by atoms with Crippen LogP contribution in [-0.4, -0.2) is 16.2 Å². The van der Waals surface area contributed by atoms with Gasteiger partial charge in [0.15, 0.2) is 5.60 Å². The summed E-state index contributed by atoms with van der Waals surface area (Å²) in [6, 6.07) is 7.03. The Balaban J connectivity index is 2.12. The molecule has 1 aliphatic heterocycles. The van der Waals surface area contributed by atoms with Gasteiger partial charge in [0.1, 0.15) is 11.5 Å². The van der Waals surface area contributed by atoms with E-state index >= 15 is 0 Å². The van der Waals surface area contributed by atoms with E-state index in [2.05, 4.69) is 6.92 Å². The van der Waals surface area contributed by atoms with E-state index in [4.69, 9.17) is 4.74 Å². The molecule has 0 radical (unpaired) electrons. The molecular formula is C25H26O4. The number of carbonyl (C=O) groups excluding carboxylic acids is 1. The van der Waals surface area contributed by atoms with Gasteiger partial charge in [0.25, 0.3) is 0 Å². The maximum atomic E-state index is 13.0. The van der Waals surface area contributed by atoms with Crippen molar-refractivity contribution < 1.29 is 19.7 Å². The Labute approximate surface area is 171 Å². The van der Waals surface area contributed by atoms with Gasteiger partial charge in [-0.05, 0) is 80.0 Å². The maximum Gasteiger partial charge on any atom is 0.339 e. The summed E-state index contributed by atoms with van der Waals surface area (Å²) in [7, 11) is 0. The van der Waals surface area contributed by atoms with Crippen molar-refractivity contribution in [1.29, 1.82) is 0 Å². The first-order chi connectivity index (χ1) is 13.7.